The molecule has 18 heavy (non-hydrogen) atoms. The van der Waals surface area contributed by atoms with Gasteiger partial charge in [0.05, 0.1) is 6.04 Å². The van der Waals surface area contributed by atoms with Gasteiger partial charge in [-0.2, -0.15) is 0 Å². The summed E-state index contributed by atoms with van der Waals surface area (Å²) in [5, 5.41) is 3.53. The van der Waals surface area contributed by atoms with Gasteiger partial charge in [-0.3, -0.25) is 4.79 Å². The predicted octanol–water partition coefficient (Wildman–Crippen LogP) is 3.28. The molecular formula is C15H21NO2. The molecule has 0 aromatic heterocycles. The largest absolute Gasteiger partial charge is 0.460 e. The zero-order valence-corrected chi connectivity index (χ0v) is 11.1. The molecule has 0 amide bonds. The van der Waals surface area contributed by atoms with Gasteiger partial charge in [0, 0.05) is 12.6 Å². The van der Waals surface area contributed by atoms with Gasteiger partial charge in [0.15, 0.2) is 0 Å². The molecule has 1 aliphatic rings. The van der Waals surface area contributed by atoms with E-state index in [4.69, 9.17) is 4.74 Å². The lowest BCUT2D eigenvalue weighted by atomic mass is 9.92. The molecule has 1 aromatic carbocycles. The van der Waals surface area contributed by atoms with Crippen molar-refractivity contribution in [2.45, 2.75) is 51.7 Å². The summed E-state index contributed by atoms with van der Waals surface area (Å²) in [6.45, 7) is 3.57. The third-order valence-corrected chi connectivity index (χ3v) is 3.51. The highest BCUT2D eigenvalue weighted by atomic mass is 16.5. The Morgan fingerprint density at radius 2 is 2.00 bits per heavy atom. The van der Waals surface area contributed by atoms with E-state index >= 15 is 0 Å². The van der Waals surface area contributed by atoms with E-state index in [1.807, 2.05) is 12.1 Å². The van der Waals surface area contributed by atoms with Crippen molar-refractivity contribution in [1.29, 1.82) is 0 Å². The second-order valence-electron chi connectivity index (χ2n) is 5.00. The fraction of sp³-hybridized carbons (Fsp3) is 0.533. The Hall–Kier alpha value is -1.51. The number of esters is 1. The van der Waals surface area contributed by atoms with Gasteiger partial charge in [0.1, 0.15) is 6.10 Å². The number of ether oxygens (including phenoxy) is 1. The zero-order valence-electron chi connectivity index (χ0n) is 11.1. The van der Waals surface area contributed by atoms with Crippen LogP contribution in [0.25, 0.3) is 0 Å². The van der Waals surface area contributed by atoms with Crippen LogP contribution in [0.2, 0.25) is 0 Å². The van der Waals surface area contributed by atoms with Gasteiger partial charge in [-0.25, -0.2) is 0 Å². The van der Waals surface area contributed by atoms with Crippen LogP contribution in [0.15, 0.2) is 24.3 Å². The van der Waals surface area contributed by atoms with Crippen molar-refractivity contribution in [3.05, 3.63) is 29.8 Å². The zero-order chi connectivity index (χ0) is 13.0. The monoisotopic (exact) mass is 247 g/mol. The molecule has 0 radical (unpaired) electrons. The molecule has 2 atom stereocenters. The summed E-state index contributed by atoms with van der Waals surface area (Å²) in [6.07, 6.45) is 4.37. The minimum atomic E-state index is -0.182. The van der Waals surface area contributed by atoms with Crippen LogP contribution in [-0.4, -0.2) is 18.1 Å². The molecule has 0 heterocycles. The summed E-state index contributed by atoms with van der Waals surface area (Å²) >= 11 is 0. The molecule has 3 heteroatoms. The third kappa shape index (κ3) is 3.25. The van der Waals surface area contributed by atoms with E-state index in [0.717, 1.165) is 24.9 Å². The third-order valence-electron chi connectivity index (χ3n) is 3.51. The summed E-state index contributed by atoms with van der Waals surface area (Å²) in [4.78, 5) is 11.1. The van der Waals surface area contributed by atoms with Gasteiger partial charge in [0.2, 0.25) is 0 Å². The molecule has 0 unspecified atom stereocenters. The second kappa shape index (κ2) is 5.89. The molecule has 0 aliphatic heterocycles. The van der Waals surface area contributed by atoms with Crippen LogP contribution in [0.3, 0.4) is 0 Å². The van der Waals surface area contributed by atoms with E-state index in [0.29, 0.717) is 0 Å². The van der Waals surface area contributed by atoms with Crippen molar-refractivity contribution in [1.82, 2.24) is 0 Å². The summed E-state index contributed by atoms with van der Waals surface area (Å²) in [6, 6.07) is 8.47. The standard InChI is InChI=1S/C15H21NO2/c1-11-7-3-4-8-13(11)16-14-9-5-6-10-15(14)18-12(2)17/h3-4,7-8,14-16H,5-6,9-10H2,1-2H3/t14-,15-/m0/s1. The summed E-state index contributed by atoms with van der Waals surface area (Å²) < 4.78 is 5.41. The molecule has 3 nitrogen and oxygen atoms in total. The average molecular weight is 247 g/mol. The number of carbonyl (C=O) groups is 1. The van der Waals surface area contributed by atoms with E-state index in [9.17, 15) is 4.79 Å². The van der Waals surface area contributed by atoms with E-state index in [1.165, 1.54) is 18.9 Å². The fourth-order valence-electron chi connectivity index (χ4n) is 2.55. The number of aryl methyl sites for hydroxylation is 1. The highest BCUT2D eigenvalue weighted by Crippen LogP contribution is 2.26. The Bertz CT molecular complexity index is 417. The predicted molar refractivity (Wildman–Crippen MR) is 72.6 cm³/mol. The Morgan fingerprint density at radius 1 is 1.28 bits per heavy atom. The van der Waals surface area contributed by atoms with Crippen molar-refractivity contribution in [3.8, 4) is 0 Å². The van der Waals surface area contributed by atoms with Crippen molar-refractivity contribution in [2.24, 2.45) is 0 Å². The molecule has 1 saturated carbocycles. The maximum absolute atomic E-state index is 11.1. The molecule has 1 fully saturated rings. The Labute approximate surface area is 109 Å². The normalized spacial score (nSPS) is 23.4. The van der Waals surface area contributed by atoms with Crippen LogP contribution in [-0.2, 0) is 9.53 Å². The molecule has 1 aliphatic carbocycles. The first-order chi connectivity index (χ1) is 8.66. The van der Waals surface area contributed by atoms with E-state index < -0.39 is 0 Å². The van der Waals surface area contributed by atoms with E-state index in [1.54, 1.807) is 0 Å². The lowest BCUT2D eigenvalue weighted by Crippen LogP contribution is -2.39. The maximum atomic E-state index is 11.1. The molecule has 1 N–H and O–H groups in total. The fourth-order valence-corrected chi connectivity index (χ4v) is 2.55. The summed E-state index contributed by atoms with van der Waals surface area (Å²) in [5.41, 5.74) is 2.37. The second-order valence-corrected chi connectivity index (χ2v) is 5.00. The van der Waals surface area contributed by atoms with Gasteiger partial charge >= 0.3 is 5.97 Å². The molecule has 98 valence electrons. The lowest BCUT2D eigenvalue weighted by molar-refractivity contribution is -0.148. The topological polar surface area (TPSA) is 38.3 Å². The minimum absolute atomic E-state index is 0.0101. The quantitative estimate of drug-likeness (QED) is 0.833. The number of hydrogen-bond acceptors (Lipinski definition) is 3. The van der Waals surface area contributed by atoms with Gasteiger partial charge in [0.25, 0.3) is 0 Å². The first-order valence-electron chi connectivity index (χ1n) is 6.66. The molecular weight excluding hydrogens is 226 g/mol. The summed E-state index contributed by atoms with van der Waals surface area (Å²) in [5.74, 6) is -0.182. The highest BCUT2D eigenvalue weighted by Gasteiger charge is 2.27. The van der Waals surface area contributed by atoms with Crippen LogP contribution < -0.4 is 5.32 Å². The van der Waals surface area contributed by atoms with Crippen LogP contribution >= 0.6 is 0 Å². The van der Waals surface area contributed by atoms with Crippen LogP contribution in [0.4, 0.5) is 5.69 Å². The number of hydrogen-bond donors (Lipinski definition) is 1. The molecule has 1 aromatic rings. The molecule has 0 bridgehead atoms. The highest BCUT2D eigenvalue weighted by molar-refractivity contribution is 5.66. The maximum Gasteiger partial charge on any atom is 0.302 e. The first-order valence-corrected chi connectivity index (χ1v) is 6.66. The number of para-hydroxylation sites is 1. The van der Waals surface area contributed by atoms with Crippen LogP contribution in [0, 0.1) is 6.92 Å². The van der Waals surface area contributed by atoms with E-state index in [2.05, 4.69) is 24.4 Å². The van der Waals surface area contributed by atoms with Crippen molar-refractivity contribution >= 4 is 11.7 Å². The smallest absolute Gasteiger partial charge is 0.302 e. The van der Waals surface area contributed by atoms with Crippen molar-refractivity contribution < 1.29 is 9.53 Å². The van der Waals surface area contributed by atoms with Crippen LogP contribution in [0.5, 0.6) is 0 Å². The minimum Gasteiger partial charge on any atom is -0.460 e. The molecule has 2 rings (SSSR count). The van der Waals surface area contributed by atoms with Gasteiger partial charge in [-0.15, -0.1) is 0 Å². The van der Waals surface area contributed by atoms with Crippen LogP contribution in [0.1, 0.15) is 38.2 Å². The number of rotatable bonds is 3. The molecule has 0 saturated heterocycles. The number of anilines is 1. The lowest BCUT2D eigenvalue weighted by Gasteiger charge is -2.32. The van der Waals surface area contributed by atoms with Gasteiger partial charge < -0.3 is 10.1 Å². The number of nitrogens with one attached hydrogen (secondary N) is 1. The van der Waals surface area contributed by atoms with Crippen molar-refractivity contribution in [2.75, 3.05) is 5.32 Å². The number of carbonyl (C=O) groups excluding carboxylic acids is 1. The van der Waals surface area contributed by atoms with Gasteiger partial charge in [-0.1, -0.05) is 24.6 Å². The summed E-state index contributed by atoms with van der Waals surface area (Å²) in [7, 11) is 0. The Balaban J connectivity index is 2.05. The first kappa shape index (κ1) is 12.9. The Morgan fingerprint density at radius 3 is 2.72 bits per heavy atom. The number of benzene rings is 1. The molecule has 0 spiro atoms. The Kier molecular flexibility index (Phi) is 4.24. The average Bonchev–Trinajstić information content (AvgIpc) is 2.34. The van der Waals surface area contributed by atoms with E-state index in [-0.39, 0.29) is 18.1 Å². The SMILES string of the molecule is CC(=O)O[C@H]1CCCC[C@@H]1Nc1ccccc1C. The van der Waals surface area contributed by atoms with Gasteiger partial charge in [-0.05, 0) is 37.8 Å². The van der Waals surface area contributed by atoms with Crippen molar-refractivity contribution in [3.63, 3.8) is 0 Å².